The molecule has 41 heavy (non-hydrogen) atoms. The summed E-state index contributed by atoms with van der Waals surface area (Å²) in [6, 6.07) is 19.1. The monoisotopic (exact) mass is 564 g/mol. The van der Waals surface area contributed by atoms with Crippen molar-refractivity contribution in [2.24, 2.45) is 0 Å². The van der Waals surface area contributed by atoms with Crippen molar-refractivity contribution in [2.45, 2.75) is 47.3 Å². The SMILES string of the molecule is C#Cc1ccc(OCCNC(C)=O)cc1.CC.COCC(COc1cc(OCc2ccccc2)c(C)c(C)n1)OC. The fourth-order valence-corrected chi connectivity index (χ4v) is 3.23. The Labute approximate surface area is 245 Å². The third-order valence-corrected chi connectivity index (χ3v) is 5.55. The zero-order valence-corrected chi connectivity index (χ0v) is 25.4. The van der Waals surface area contributed by atoms with Gasteiger partial charge in [-0.1, -0.05) is 50.1 Å². The third kappa shape index (κ3) is 14.2. The van der Waals surface area contributed by atoms with Gasteiger partial charge in [0.25, 0.3) is 0 Å². The number of nitrogens with one attached hydrogen (secondary N) is 1. The predicted octanol–water partition coefficient (Wildman–Crippen LogP) is 5.53. The quantitative estimate of drug-likeness (QED) is 0.216. The Hall–Kier alpha value is -4.06. The Kier molecular flexibility index (Phi) is 17.7. The van der Waals surface area contributed by atoms with Crippen LogP contribution in [0.4, 0.5) is 0 Å². The Balaban J connectivity index is 0.000000425. The van der Waals surface area contributed by atoms with E-state index in [0.29, 0.717) is 38.9 Å². The second-order valence-electron chi connectivity index (χ2n) is 8.57. The maximum Gasteiger partial charge on any atom is 0.217 e. The van der Waals surface area contributed by atoms with Gasteiger partial charge in [0.15, 0.2) is 0 Å². The lowest BCUT2D eigenvalue weighted by Crippen LogP contribution is -2.25. The molecule has 1 unspecified atom stereocenters. The molecule has 0 aliphatic rings. The number of methoxy groups -OCH3 is 2. The topological polar surface area (TPSA) is 88.1 Å². The summed E-state index contributed by atoms with van der Waals surface area (Å²) in [5.41, 5.74) is 3.84. The maximum atomic E-state index is 10.5. The molecule has 0 fully saturated rings. The van der Waals surface area contributed by atoms with Crippen LogP contribution in [0.15, 0.2) is 60.7 Å². The van der Waals surface area contributed by atoms with Gasteiger partial charge in [0.05, 0.1) is 13.2 Å². The van der Waals surface area contributed by atoms with Crippen LogP contribution in [0.1, 0.15) is 43.2 Å². The van der Waals surface area contributed by atoms with E-state index in [4.69, 9.17) is 30.1 Å². The molecule has 1 heterocycles. The standard InChI is InChI=1S/C19H25NO4.C12H13NO2.C2H6/c1-14-15(2)20-19(24-13-17(22-4)12-21-3)10-18(14)23-11-16-8-6-5-7-9-16;1-3-11-4-6-12(7-5-11)15-9-8-13-10(2)14;1-2/h5-10,17H,11-13H2,1-4H3;1,4-7H,8-9H2,2H3,(H,13,14);1-2H3. The first-order chi connectivity index (χ1) is 19.9. The fraction of sp³-hybridized carbons (Fsp3) is 0.394. The van der Waals surface area contributed by atoms with Crippen molar-refractivity contribution in [1.29, 1.82) is 0 Å². The van der Waals surface area contributed by atoms with E-state index in [1.807, 2.05) is 88.4 Å². The van der Waals surface area contributed by atoms with Crippen LogP contribution < -0.4 is 19.5 Å². The van der Waals surface area contributed by atoms with Crippen LogP contribution in [0.25, 0.3) is 0 Å². The number of amides is 1. The summed E-state index contributed by atoms with van der Waals surface area (Å²) in [5.74, 6) is 4.53. The van der Waals surface area contributed by atoms with Crippen LogP contribution in [0.5, 0.6) is 17.4 Å². The Morgan fingerprint density at radius 1 is 0.976 bits per heavy atom. The minimum Gasteiger partial charge on any atom is -0.492 e. The lowest BCUT2D eigenvalue weighted by atomic mass is 10.2. The molecule has 8 nitrogen and oxygen atoms in total. The lowest BCUT2D eigenvalue weighted by Gasteiger charge is -2.17. The van der Waals surface area contributed by atoms with Crippen LogP contribution >= 0.6 is 0 Å². The molecular formula is C33H44N2O6. The van der Waals surface area contributed by atoms with Crippen molar-refractivity contribution in [2.75, 3.05) is 40.6 Å². The molecule has 0 aliphatic carbocycles. The van der Waals surface area contributed by atoms with Gasteiger partial charge in [-0.05, 0) is 43.7 Å². The van der Waals surface area contributed by atoms with Gasteiger partial charge < -0.3 is 29.0 Å². The summed E-state index contributed by atoms with van der Waals surface area (Å²) in [6.45, 7) is 11.7. The van der Waals surface area contributed by atoms with E-state index >= 15 is 0 Å². The number of benzene rings is 2. The molecule has 0 bridgehead atoms. The van der Waals surface area contributed by atoms with E-state index in [1.165, 1.54) is 6.92 Å². The van der Waals surface area contributed by atoms with Crippen molar-refractivity contribution < 1.29 is 28.5 Å². The first kappa shape index (κ1) is 35.0. The number of terminal acetylenes is 1. The van der Waals surface area contributed by atoms with E-state index in [1.54, 1.807) is 14.2 Å². The van der Waals surface area contributed by atoms with Crippen molar-refractivity contribution in [3.8, 4) is 29.7 Å². The van der Waals surface area contributed by atoms with Crippen LogP contribution in [-0.2, 0) is 20.9 Å². The van der Waals surface area contributed by atoms with E-state index in [0.717, 1.165) is 33.9 Å². The molecule has 222 valence electrons. The number of hydrogen-bond donors (Lipinski definition) is 1. The molecule has 0 saturated carbocycles. The number of carbonyl (C=O) groups is 1. The molecule has 1 N–H and O–H groups in total. The van der Waals surface area contributed by atoms with Gasteiger partial charge in [0.1, 0.15) is 37.4 Å². The number of pyridine rings is 1. The van der Waals surface area contributed by atoms with Gasteiger partial charge in [-0.3, -0.25) is 4.79 Å². The zero-order valence-electron chi connectivity index (χ0n) is 25.4. The minimum absolute atomic E-state index is 0.0544. The van der Waals surface area contributed by atoms with Gasteiger partial charge in [0.2, 0.25) is 11.8 Å². The molecule has 0 radical (unpaired) electrons. The fourth-order valence-electron chi connectivity index (χ4n) is 3.23. The maximum absolute atomic E-state index is 10.5. The van der Waals surface area contributed by atoms with Gasteiger partial charge >= 0.3 is 0 Å². The predicted molar refractivity (Wildman–Crippen MR) is 163 cm³/mol. The second-order valence-corrected chi connectivity index (χ2v) is 8.57. The Morgan fingerprint density at radius 2 is 1.66 bits per heavy atom. The summed E-state index contributed by atoms with van der Waals surface area (Å²) < 4.78 is 27.4. The molecule has 3 rings (SSSR count). The normalized spacial score (nSPS) is 10.5. The van der Waals surface area contributed by atoms with Crippen molar-refractivity contribution in [1.82, 2.24) is 10.3 Å². The van der Waals surface area contributed by atoms with E-state index in [9.17, 15) is 4.79 Å². The molecule has 8 heteroatoms. The van der Waals surface area contributed by atoms with Gasteiger partial charge in [-0.15, -0.1) is 6.42 Å². The molecule has 0 saturated heterocycles. The summed E-state index contributed by atoms with van der Waals surface area (Å²) in [7, 11) is 3.27. The van der Waals surface area contributed by atoms with E-state index in [2.05, 4.69) is 16.2 Å². The summed E-state index contributed by atoms with van der Waals surface area (Å²) in [4.78, 5) is 15.0. The summed E-state index contributed by atoms with van der Waals surface area (Å²) in [5, 5.41) is 2.64. The number of nitrogens with zero attached hydrogens (tertiary/aromatic N) is 1. The minimum atomic E-state index is -0.132. The highest BCUT2D eigenvalue weighted by atomic mass is 16.6. The number of hydrogen-bond acceptors (Lipinski definition) is 7. The molecule has 3 aromatic rings. The largest absolute Gasteiger partial charge is 0.492 e. The highest BCUT2D eigenvalue weighted by molar-refractivity contribution is 5.72. The number of aryl methyl sites for hydroxylation is 1. The molecule has 1 aromatic heterocycles. The molecular weight excluding hydrogens is 520 g/mol. The summed E-state index contributed by atoms with van der Waals surface area (Å²) in [6.07, 6.45) is 5.08. The third-order valence-electron chi connectivity index (χ3n) is 5.55. The highest BCUT2D eigenvalue weighted by Gasteiger charge is 2.12. The number of carbonyl (C=O) groups excluding carboxylic acids is 1. The van der Waals surface area contributed by atoms with Gasteiger partial charge in [-0.25, -0.2) is 4.98 Å². The zero-order chi connectivity index (χ0) is 30.5. The van der Waals surface area contributed by atoms with Crippen molar-refractivity contribution >= 4 is 5.91 Å². The Bertz CT molecular complexity index is 1180. The molecule has 1 atom stereocenters. The average molecular weight is 565 g/mol. The van der Waals surface area contributed by atoms with Crippen LogP contribution in [0, 0.1) is 26.2 Å². The number of aromatic nitrogens is 1. The summed E-state index contributed by atoms with van der Waals surface area (Å²) >= 11 is 0. The van der Waals surface area contributed by atoms with Crippen LogP contribution in [0.3, 0.4) is 0 Å². The van der Waals surface area contributed by atoms with Crippen molar-refractivity contribution in [3.05, 3.63) is 83.0 Å². The second kappa shape index (κ2) is 20.8. The molecule has 2 aromatic carbocycles. The van der Waals surface area contributed by atoms with Crippen LogP contribution in [-0.4, -0.2) is 57.6 Å². The number of rotatable bonds is 13. The van der Waals surface area contributed by atoms with E-state index in [-0.39, 0.29) is 12.0 Å². The van der Waals surface area contributed by atoms with E-state index < -0.39 is 0 Å². The van der Waals surface area contributed by atoms with Crippen molar-refractivity contribution in [3.63, 3.8) is 0 Å². The van der Waals surface area contributed by atoms with Crippen LogP contribution in [0.2, 0.25) is 0 Å². The first-order valence-electron chi connectivity index (χ1n) is 13.6. The molecule has 0 aliphatic heterocycles. The molecule has 1 amide bonds. The number of ether oxygens (including phenoxy) is 5. The van der Waals surface area contributed by atoms with Gasteiger partial charge in [0, 0.05) is 44.0 Å². The first-order valence-corrected chi connectivity index (χ1v) is 13.6. The highest BCUT2D eigenvalue weighted by Crippen LogP contribution is 2.26. The Morgan fingerprint density at radius 3 is 2.24 bits per heavy atom. The molecule has 0 spiro atoms. The smallest absolute Gasteiger partial charge is 0.217 e. The lowest BCUT2D eigenvalue weighted by molar-refractivity contribution is -0.119. The van der Waals surface area contributed by atoms with Gasteiger partial charge in [-0.2, -0.15) is 0 Å². The average Bonchev–Trinajstić information content (AvgIpc) is 3.00.